The van der Waals surface area contributed by atoms with Gasteiger partial charge in [-0.2, -0.15) is 0 Å². The number of allylic oxidation sites excluding steroid dienone is 1. The van der Waals surface area contributed by atoms with Crippen molar-refractivity contribution in [3.63, 3.8) is 0 Å². The van der Waals surface area contributed by atoms with Crippen LogP contribution < -0.4 is 10.6 Å². The van der Waals surface area contributed by atoms with E-state index in [2.05, 4.69) is 21.7 Å². The van der Waals surface area contributed by atoms with E-state index in [1.165, 1.54) is 11.3 Å². The fraction of sp³-hybridized carbons (Fsp3) is 0.562. The van der Waals surface area contributed by atoms with Crippen LogP contribution in [-0.4, -0.2) is 23.3 Å². The highest BCUT2D eigenvalue weighted by Gasteiger charge is 2.40. The molecule has 0 radical (unpaired) electrons. The number of piperidine rings is 1. The maximum absolute atomic E-state index is 12.4. The van der Waals surface area contributed by atoms with Crippen LogP contribution in [0.1, 0.15) is 52.5 Å². The van der Waals surface area contributed by atoms with Crippen molar-refractivity contribution in [3.8, 4) is 0 Å². The smallest absolute Gasteiger partial charge is 0.263 e. The van der Waals surface area contributed by atoms with Gasteiger partial charge < -0.3 is 10.6 Å². The Morgan fingerprint density at radius 1 is 1.45 bits per heavy atom. The molecule has 1 aromatic heterocycles. The minimum Gasteiger partial charge on any atom is -0.350 e. The molecule has 2 amide bonds. The Bertz CT molecular complexity index is 650. The van der Waals surface area contributed by atoms with Crippen molar-refractivity contribution in [1.82, 2.24) is 15.6 Å². The molecule has 0 saturated carbocycles. The van der Waals surface area contributed by atoms with E-state index in [0.29, 0.717) is 17.8 Å². The molecule has 1 fully saturated rings. The molecule has 1 aliphatic carbocycles. The van der Waals surface area contributed by atoms with E-state index in [1.54, 1.807) is 0 Å². The average Bonchev–Trinajstić information content (AvgIpc) is 2.84. The lowest BCUT2D eigenvalue weighted by Crippen LogP contribution is -2.48. The van der Waals surface area contributed by atoms with Crippen molar-refractivity contribution < 1.29 is 9.59 Å². The largest absolute Gasteiger partial charge is 0.350 e. The highest BCUT2D eigenvalue weighted by molar-refractivity contribution is 7.13. The van der Waals surface area contributed by atoms with Gasteiger partial charge in [0.2, 0.25) is 5.91 Å². The van der Waals surface area contributed by atoms with Gasteiger partial charge in [0.15, 0.2) is 0 Å². The number of carbonyl (C=O) groups excluding carboxylic acids is 2. The van der Waals surface area contributed by atoms with Gasteiger partial charge >= 0.3 is 0 Å². The second kappa shape index (κ2) is 5.83. The fourth-order valence-corrected chi connectivity index (χ4v) is 4.23. The number of rotatable bonds is 3. The van der Waals surface area contributed by atoms with Gasteiger partial charge in [-0.3, -0.25) is 9.59 Å². The SMILES string of the molecule is Cc1nc(C)c(C(=O)NCC23CCCC=C2NC(=O)CC3)s1. The molecule has 1 unspecified atom stereocenters. The Hall–Kier alpha value is -1.69. The number of hydrogen-bond donors (Lipinski definition) is 2. The maximum Gasteiger partial charge on any atom is 0.263 e. The first kappa shape index (κ1) is 15.2. The van der Waals surface area contributed by atoms with Crippen molar-refractivity contribution in [2.75, 3.05) is 6.54 Å². The second-order valence-electron chi connectivity index (χ2n) is 6.17. The third-order valence-corrected chi connectivity index (χ3v) is 5.65. The molecule has 118 valence electrons. The maximum atomic E-state index is 12.4. The summed E-state index contributed by atoms with van der Waals surface area (Å²) in [5.41, 5.74) is 1.69. The molecule has 1 atom stereocenters. The molecule has 2 aliphatic rings. The number of fused-ring (bicyclic) bond motifs is 1. The van der Waals surface area contributed by atoms with Crippen LogP contribution in [0.15, 0.2) is 11.8 Å². The molecule has 3 rings (SSSR count). The molecular weight excluding hydrogens is 298 g/mol. The highest BCUT2D eigenvalue weighted by Crippen LogP contribution is 2.42. The van der Waals surface area contributed by atoms with E-state index in [-0.39, 0.29) is 17.2 Å². The van der Waals surface area contributed by atoms with Crippen LogP contribution in [0.3, 0.4) is 0 Å². The fourth-order valence-electron chi connectivity index (χ4n) is 3.39. The molecule has 22 heavy (non-hydrogen) atoms. The summed E-state index contributed by atoms with van der Waals surface area (Å²) < 4.78 is 0. The Morgan fingerprint density at radius 2 is 2.27 bits per heavy atom. The number of aromatic nitrogens is 1. The molecular formula is C16H21N3O2S. The third-order valence-electron chi connectivity index (χ3n) is 4.58. The highest BCUT2D eigenvalue weighted by atomic mass is 32.1. The average molecular weight is 319 g/mol. The summed E-state index contributed by atoms with van der Waals surface area (Å²) >= 11 is 1.43. The summed E-state index contributed by atoms with van der Waals surface area (Å²) in [5.74, 6) is 0.0309. The van der Waals surface area contributed by atoms with E-state index < -0.39 is 0 Å². The van der Waals surface area contributed by atoms with Gasteiger partial charge in [0.25, 0.3) is 5.91 Å². The van der Waals surface area contributed by atoms with Gasteiger partial charge in [-0.1, -0.05) is 6.08 Å². The number of hydrogen-bond acceptors (Lipinski definition) is 4. The molecule has 0 spiro atoms. The van der Waals surface area contributed by atoms with Crippen molar-refractivity contribution in [3.05, 3.63) is 27.4 Å². The lowest BCUT2D eigenvalue weighted by molar-refractivity contribution is -0.122. The predicted molar refractivity (Wildman–Crippen MR) is 85.7 cm³/mol. The van der Waals surface area contributed by atoms with Gasteiger partial charge in [-0.25, -0.2) is 4.98 Å². The topological polar surface area (TPSA) is 71.1 Å². The van der Waals surface area contributed by atoms with Gasteiger partial charge in [0, 0.05) is 24.1 Å². The summed E-state index contributed by atoms with van der Waals surface area (Å²) in [6.07, 6.45) is 6.58. The minimum atomic E-state index is -0.102. The Balaban J connectivity index is 1.73. The van der Waals surface area contributed by atoms with Crippen molar-refractivity contribution in [2.24, 2.45) is 5.41 Å². The first-order valence-corrected chi connectivity index (χ1v) is 8.54. The quantitative estimate of drug-likeness (QED) is 0.899. The molecule has 0 bridgehead atoms. The van der Waals surface area contributed by atoms with Crippen LogP contribution in [0.2, 0.25) is 0 Å². The van der Waals surface area contributed by atoms with E-state index in [0.717, 1.165) is 42.1 Å². The van der Waals surface area contributed by atoms with Gasteiger partial charge in [-0.15, -0.1) is 11.3 Å². The zero-order valence-corrected chi connectivity index (χ0v) is 13.8. The number of nitrogens with one attached hydrogen (secondary N) is 2. The molecule has 1 aliphatic heterocycles. The van der Waals surface area contributed by atoms with Gasteiger partial charge in [0.1, 0.15) is 4.88 Å². The third kappa shape index (κ3) is 2.79. The minimum absolute atomic E-state index is 0.0562. The second-order valence-corrected chi connectivity index (χ2v) is 7.37. The van der Waals surface area contributed by atoms with E-state index in [1.807, 2.05) is 13.8 Å². The van der Waals surface area contributed by atoms with E-state index in [9.17, 15) is 9.59 Å². The standard InChI is InChI=1S/C16H21N3O2S/c1-10-14(22-11(2)18-10)15(21)17-9-16-7-4-3-5-12(16)19-13(20)6-8-16/h5H,3-4,6-9H2,1-2H3,(H,17,21)(H,19,20). The van der Waals surface area contributed by atoms with Crippen LogP contribution in [0.5, 0.6) is 0 Å². The Labute approximate surface area is 134 Å². The molecule has 1 saturated heterocycles. The van der Waals surface area contributed by atoms with Crippen LogP contribution in [0, 0.1) is 19.3 Å². The summed E-state index contributed by atoms with van der Waals surface area (Å²) in [7, 11) is 0. The molecule has 0 aromatic carbocycles. The summed E-state index contributed by atoms with van der Waals surface area (Å²) in [5, 5.41) is 6.97. The number of aryl methyl sites for hydroxylation is 2. The Kier molecular flexibility index (Phi) is 4.04. The number of carbonyl (C=O) groups is 2. The van der Waals surface area contributed by atoms with Crippen LogP contribution in [0.4, 0.5) is 0 Å². The van der Waals surface area contributed by atoms with Gasteiger partial charge in [-0.05, 0) is 39.5 Å². The number of amides is 2. The Morgan fingerprint density at radius 3 is 3.00 bits per heavy atom. The van der Waals surface area contributed by atoms with Crippen LogP contribution in [0.25, 0.3) is 0 Å². The first-order chi connectivity index (χ1) is 10.5. The number of nitrogens with zero attached hydrogens (tertiary/aromatic N) is 1. The van der Waals surface area contributed by atoms with Crippen LogP contribution >= 0.6 is 11.3 Å². The molecule has 2 heterocycles. The monoisotopic (exact) mass is 319 g/mol. The first-order valence-electron chi connectivity index (χ1n) is 7.73. The van der Waals surface area contributed by atoms with E-state index in [4.69, 9.17) is 0 Å². The zero-order valence-electron chi connectivity index (χ0n) is 13.0. The summed E-state index contributed by atoms with van der Waals surface area (Å²) in [6.45, 7) is 4.35. The van der Waals surface area contributed by atoms with Crippen molar-refractivity contribution >= 4 is 23.2 Å². The molecule has 2 N–H and O–H groups in total. The molecule has 6 heteroatoms. The lowest BCUT2D eigenvalue weighted by atomic mass is 9.70. The van der Waals surface area contributed by atoms with E-state index >= 15 is 0 Å². The molecule has 5 nitrogen and oxygen atoms in total. The summed E-state index contributed by atoms with van der Waals surface area (Å²) in [4.78, 5) is 29.0. The lowest BCUT2D eigenvalue weighted by Gasteiger charge is -2.42. The van der Waals surface area contributed by atoms with Gasteiger partial charge in [0.05, 0.1) is 10.7 Å². The zero-order chi connectivity index (χ0) is 15.7. The number of thiazole rings is 1. The predicted octanol–water partition coefficient (Wildman–Crippen LogP) is 2.45. The summed E-state index contributed by atoms with van der Waals surface area (Å²) in [6, 6.07) is 0. The normalized spacial score (nSPS) is 24.3. The molecule has 1 aromatic rings. The van der Waals surface area contributed by atoms with Crippen molar-refractivity contribution in [2.45, 2.75) is 46.0 Å². The van der Waals surface area contributed by atoms with Crippen molar-refractivity contribution in [1.29, 1.82) is 0 Å². The van der Waals surface area contributed by atoms with Crippen LogP contribution in [-0.2, 0) is 4.79 Å².